The van der Waals surface area contributed by atoms with Gasteiger partial charge in [-0.1, -0.05) is 78.3 Å². The first-order chi connectivity index (χ1) is 24.2. The number of esters is 1. The minimum absolute atomic E-state index is 0.00691. The van der Waals surface area contributed by atoms with Crippen LogP contribution in [0.15, 0.2) is 35.4 Å². The largest absolute Gasteiger partial charge is 0.481 e. The molecule has 6 aliphatic rings. The highest BCUT2D eigenvalue weighted by Gasteiger charge is 2.71. The number of fused-ring (bicyclic) bond motifs is 8. The number of allylic oxidation sites excluding steroid dienone is 1. The van der Waals surface area contributed by atoms with Gasteiger partial charge in [-0.15, -0.1) is 0 Å². The Balaban J connectivity index is 1.16. The van der Waals surface area contributed by atoms with Crippen LogP contribution in [0.5, 0.6) is 0 Å². The van der Waals surface area contributed by atoms with Gasteiger partial charge in [0.1, 0.15) is 6.10 Å². The quantitative estimate of drug-likeness (QED) is 0.260. The zero-order valence-corrected chi connectivity index (χ0v) is 33.4. The number of β-amino-alcohol motifs (C(OH)–C–C–N with tert-alkyl or cyclic N) is 1. The Morgan fingerprint density at radius 2 is 1.56 bits per heavy atom. The van der Waals surface area contributed by atoms with Crippen molar-refractivity contribution in [1.29, 1.82) is 0 Å². The Kier molecular flexibility index (Phi) is 9.09. The van der Waals surface area contributed by atoms with E-state index in [1.54, 1.807) is 13.8 Å². The summed E-state index contributed by atoms with van der Waals surface area (Å²) in [6.07, 6.45) is 7.47. The molecule has 9 atom stereocenters. The number of carbonyl (C=O) groups is 3. The third kappa shape index (κ3) is 5.43. The number of Topliss-reactive ketones (excluding diaryl/α,β-unsaturated/α-hetero) is 1. The van der Waals surface area contributed by atoms with Gasteiger partial charge in [-0.3, -0.25) is 19.3 Å². The van der Waals surface area contributed by atoms with Gasteiger partial charge < -0.3 is 14.9 Å². The van der Waals surface area contributed by atoms with Gasteiger partial charge in [-0.05, 0) is 122 Å². The number of rotatable bonds is 8. The summed E-state index contributed by atoms with van der Waals surface area (Å²) < 4.78 is 6.18. The first-order valence-electron chi connectivity index (χ1n) is 20.4. The number of aliphatic hydroxyl groups is 1. The first kappa shape index (κ1) is 37.8. The van der Waals surface area contributed by atoms with E-state index in [1.165, 1.54) is 16.7 Å². The lowest BCUT2D eigenvalue weighted by Gasteiger charge is -2.72. The van der Waals surface area contributed by atoms with E-state index in [2.05, 4.69) is 77.6 Å². The molecule has 0 aromatic heterocycles. The van der Waals surface area contributed by atoms with Crippen molar-refractivity contribution in [2.24, 2.45) is 56.2 Å². The van der Waals surface area contributed by atoms with E-state index in [0.717, 1.165) is 70.0 Å². The van der Waals surface area contributed by atoms with Crippen LogP contribution in [-0.4, -0.2) is 51.6 Å². The molecule has 1 heterocycles. The lowest BCUT2D eigenvalue weighted by molar-refractivity contribution is -0.235. The number of nitrogens with zero attached hydrogens (tertiary/aromatic N) is 1. The van der Waals surface area contributed by atoms with E-state index in [9.17, 15) is 24.6 Å². The molecular weight excluding hydrogens is 650 g/mol. The summed E-state index contributed by atoms with van der Waals surface area (Å²) in [5.74, 6) is 0.161. The molecule has 0 amide bonds. The molecule has 0 saturated heterocycles. The van der Waals surface area contributed by atoms with Crippen LogP contribution in [0, 0.1) is 56.2 Å². The molecule has 0 bridgehead atoms. The van der Waals surface area contributed by atoms with Crippen LogP contribution in [0.25, 0.3) is 0 Å². The van der Waals surface area contributed by atoms with Gasteiger partial charge in [0, 0.05) is 36.9 Å². The van der Waals surface area contributed by atoms with Crippen LogP contribution in [0.3, 0.4) is 0 Å². The summed E-state index contributed by atoms with van der Waals surface area (Å²) in [5, 5.41) is 22.0. The summed E-state index contributed by atoms with van der Waals surface area (Å²) in [4.78, 5) is 41.4. The molecule has 1 aliphatic heterocycles. The highest BCUT2D eigenvalue weighted by Crippen LogP contribution is 2.77. The Labute approximate surface area is 312 Å². The molecule has 0 spiro atoms. The van der Waals surface area contributed by atoms with Gasteiger partial charge in [0.15, 0.2) is 5.78 Å². The van der Waals surface area contributed by atoms with Crippen LogP contribution < -0.4 is 0 Å². The van der Waals surface area contributed by atoms with Crippen LogP contribution in [-0.2, 0) is 32.2 Å². The fourth-order valence-electron chi connectivity index (χ4n) is 13.9. The van der Waals surface area contributed by atoms with Crippen molar-refractivity contribution in [1.82, 2.24) is 4.90 Å². The topological polar surface area (TPSA) is 104 Å². The summed E-state index contributed by atoms with van der Waals surface area (Å²) in [7, 11) is 0. The molecular formula is C45H65NO6. The second-order valence-corrected chi connectivity index (χ2v) is 20.5. The van der Waals surface area contributed by atoms with Crippen LogP contribution in [0.1, 0.15) is 138 Å². The highest BCUT2D eigenvalue weighted by molar-refractivity contribution is 6.00. The molecule has 4 fully saturated rings. The lowest BCUT2D eigenvalue weighted by atomic mass is 9.33. The number of ether oxygens (including phenoxy) is 1. The summed E-state index contributed by atoms with van der Waals surface area (Å²) in [6.45, 7) is 22.1. The molecule has 1 aromatic rings. The predicted octanol–water partition coefficient (Wildman–Crippen LogP) is 8.76. The number of benzene rings is 1. The summed E-state index contributed by atoms with van der Waals surface area (Å²) in [5.41, 5.74) is 3.32. The Hall–Kier alpha value is -2.51. The molecule has 5 aliphatic carbocycles. The molecule has 4 saturated carbocycles. The molecule has 0 radical (unpaired) electrons. The zero-order chi connectivity index (χ0) is 37.8. The normalized spacial score (nSPS) is 38.9. The Morgan fingerprint density at radius 1 is 0.904 bits per heavy atom. The summed E-state index contributed by atoms with van der Waals surface area (Å²) >= 11 is 0. The maximum Gasteiger partial charge on any atom is 0.309 e. The van der Waals surface area contributed by atoms with Gasteiger partial charge >= 0.3 is 11.9 Å². The Bertz CT molecular complexity index is 1650. The van der Waals surface area contributed by atoms with Gasteiger partial charge in [0.05, 0.1) is 17.9 Å². The van der Waals surface area contributed by atoms with Crippen molar-refractivity contribution >= 4 is 17.7 Å². The number of hydrogen-bond donors (Lipinski definition) is 2. The number of aliphatic carboxylic acids is 1. The third-order valence-electron chi connectivity index (χ3n) is 16.8. The third-order valence-corrected chi connectivity index (χ3v) is 16.8. The monoisotopic (exact) mass is 715 g/mol. The van der Waals surface area contributed by atoms with E-state index in [1.807, 2.05) is 0 Å². The number of carboxylic acids is 1. The lowest BCUT2D eigenvalue weighted by Crippen LogP contribution is -2.66. The number of hydrogen-bond acceptors (Lipinski definition) is 6. The van der Waals surface area contributed by atoms with Gasteiger partial charge in [0.2, 0.25) is 0 Å². The smallest absolute Gasteiger partial charge is 0.309 e. The molecule has 52 heavy (non-hydrogen) atoms. The van der Waals surface area contributed by atoms with Gasteiger partial charge in [-0.25, -0.2) is 0 Å². The fraction of sp³-hybridized carbons (Fsp3) is 0.756. The van der Waals surface area contributed by atoms with Crippen molar-refractivity contribution in [3.8, 4) is 0 Å². The van der Waals surface area contributed by atoms with Crippen molar-refractivity contribution in [2.75, 3.05) is 6.54 Å². The SMILES string of the molecule is CC(C)C1=C2[C@H]3CCC4[C@@]5(C)CC[C@H](OC(=O)CC(C)(C)C(=O)O)C(C)(C)C5CC[C@@]4(C)[C@]3(C)CC[C@@]2([C@H](O)CN2Cc3ccccc3C2)CC1=O. The molecule has 7 nitrogen and oxygen atoms in total. The average Bonchev–Trinajstić information content (AvgIpc) is 3.60. The maximum absolute atomic E-state index is 14.1. The van der Waals surface area contributed by atoms with E-state index in [-0.39, 0.29) is 51.8 Å². The van der Waals surface area contributed by atoms with Crippen LogP contribution >= 0.6 is 0 Å². The number of carbonyl (C=O) groups excluding carboxylic acids is 2. The van der Waals surface area contributed by atoms with Crippen molar-refractivity contribution in [2.45, 2.75) is 152 Å². The standard InChI is InChI=1S/C45H65NO6/c1-27(2)37-31(47)22-45(34(48)26-46-24-28-12-10-11-13-29(28)25-46)21-20-43(8)30(38(37)45)14-15-33-42(7)18-17-35(52-36(49)23-40(3,4)39(50)51)41(5,6)32(42)16-19-44(33,43)9/h10-13,27,30,32-35,48H,14-26H2,1-9H3,(H,50,51)/t30-,32?,33?,34-,35+,42+,43-,44-,45+/m1/s1. The van der Waals surface area contributed by atoms with Crippen molar-refractivity contribution < 1.29 is 29.3 Å². The van der Waals surface area contributed by atoms with E-state index in [0.29, 0.717) is 24.8 Å². The van der Waals surface area contributed by atoms with E-state index < -0.39 is 28.9 Å². The van der Waals surface area contributed by atoms with Gasteiger partial charge in [0.25, 0.3) is 0 Å². The summed E-state index contributed by atoms with van der Waals surface area (Å²) in [6, 6.07) is 8.60. The maximum atomic E-state index is 14.1. The second kappa shape index (κ2) is 12.5. The number of carboxylic acid groups (broad SMARTS) is 1. The molecule has 7 heteroatoms. The number of ketones is 1. The van der Waals surface area contributed by atoms with E-state index >= 15 is 0 Å². The minimum Gasteiger partial charge on any atom is -0.481 e. The molecule has 1 aromatic carbocycles. The van der Waals surface area contributed by atoms with Gasteiger partial charge in [-0.2, -0.15) is 0 Å². The molecule has 2 N–H and O–H groups in total. The average molecular weight is 716 g/mol. The van der Waals surface area contributed by atoms with Crippen LogP contribution in [0.2, 0.25) is 0 Å². The Morgan fingerprint density at radius 3 is 2.17 bits per heavy atom. The van der Waals surface area contributed by atoms with Crippen molar-refractivity contribution in [3.63, 3.8) is 0 Å². The van der Waals surface area contributed by atoms with Crippen LogP contribution in [0.4, 0.5) is 0 Å². The molecule has 7 rings (SSSR count). The molecule has 2 unspecified atom stereocenters. The van der Waals surface area contributed by atoms with Crippen molar-refractivity contribution in [3.05, 3.63) is 46.5 Å². The molecule has 286 valence electrons. The predicted molar refractivity (Wildman–Crippen MR) is 202 cm³/mol. The highest BCUT2D eigenvalue weighted by atomic mass is 16.5. The van der Waals surface area contributed by atoms with E-state index in [4.69, 9.17) is 4.74 Å². The zero-order valence-electron chi connectivity index (χ0n) is 33.4. The number of aliphatic hydroxyl groups excluding tert-OH is 1. The first-order valence-corrected chi connectivity index (χ1v) is 20.4. The minimum atomic E-state index is -1.16. The fourth-order valence-corrected chi connectivity index (χ4v) is 13.9. The second-order valence-electron chi connectivity index (χ2n) is 20.5.